The predicted octanol–water partition coefficient (Wildman–Crippen LogP) is 3.63. The molecular formula is C21H23ClN4O. The Bertz CT molecular complexity index is 968. The standard InChI is InChI=1S/C21H23ClN4O/c1-14-5-4-8-17-21(14)25-19(24-17)9-10-20(27)26-12-11-23-13-18(26)15-6-2-3-7-16(15)22/h2-8,18,23H,9-13H2,1H3,(H,24,25). The van der Waals surface area contributed by atoms with E-state index in [0.29, 0.717) is 24.4 Å². The molecule has 4 rings (SSSR count). The van der Waals surface area contributed by atoms with Crippen molar-refractivity contribution < 1.29 is 4.79 Å². The lowest BCUT2D eigenvalue weighted by Crippen LogP contribution is -2.48. The van der Waals surface area contributed by atoms with Gasteiger partial charge in [0, 0.05) is 37.5 Å². The number of hydrogen-bond acceptors (Lipinski definition) is 3. The van der Waals surface area contributed by atoms with Gasteiger partial charge in [-0.25, -0.2) is 4.98 Å². The zero-order valence-corrected chi connectivity index (χ0v) is 16.1. The Morgan fingerprint density at radius 2 is 2.11 bits per heavy atom. The number of imidazole rings is 1. The van der Waals surface area contributed by atoms with Gasteiger partial charge in [0.15, 0.2) is 0 Å². The highest BCUT2D eigenvalue weighted by atomic mass is 35.5. The topological polar surface area (TPSA) is 61.0 Å². The lowest BCUT2D eigenvalue weighted by molar-refractivity contribution is -0.134. The van der Waals surface area contributed by atoms with Gasteiger partial charge in [0.05, 0.1) is 17.1 Å². The predicted molar refractivity (Wildman–Crippen MR) is 108 cm³/mol. The molecule has 2 aromatic carbocycles. The van der Waals surface area contributed by atoms with Crippen LogP contribution in [0.5, 0.6) is 0 Å². The molecular weight excluding hydrogens is 360 g/mol. The summed E-state index contributed by atoms with van der Waals surface area (Å²) in [7, 11) is 0. The first-order valence-corrected chi connectivity index (χ1v) is 9.70. The molecule has 5 nitrogen and oxygen atoms in total. The first-order chi connectivity index (χ1) is 13.1. The molecule has 0 aliphatic carbocycles. The fourth-order valence-corrected chi connectivity index (χ4v) is 4.00. The second-order valence-corrected chi connectivity index (χ2v) is 7.39. The van der Waals surface area contributed by atoms with E-state index in [1.807, 2.05) is 54.3 Å². The van der Waals surface area contributed by atoms with E-state index >= 15 is 0 Å². The summed E-state index contributed by atoms with van der Waals surface area (Å²) in [6, 6.07) is 13.8. The van der Waals surface area contributed by atoms with Crippen LogP contribution in [0.3, 0.4) is 0 Å². The highest BCUT2D eigenvalue weighted by molar-refractivity contribution is 6.31. The van der Waals surface area contributed by atoms with E-state index in [4.69, 9.17) is 11.6 Å². The molecule has 27 heavy (non-hydrogen) atoms. The largest absolute Gasteiger partial charge is 0.342 e. The molecule has 1 saturated heterocycles. The van der Waals surface area contributed by atoms with E-state index in [2.05, 4.69) is 15.3 Å². The Morgan fingerprint density at radius 3 is 2.93 bits per heavy atom. The van der Waals surface area contributed by atoms with Crippen molar-refractivity contribution in [3.05, 3.63) is 64.4 Å². The van der Waals surface area contributed by atoms with E-state index in [1.165, 1.54) is 0 Å². The van der Waals surface area contributed by atoms with Crippen molar-refractivity contribution >= 4 is 28.5 Å². The monoisotopic (exact) mass is 382 g/mol. The molecule has 1 fully saturated rings. The molecule has 0 saturated carbocycles. The third-order valence-corrected chi connectivity index (χ3v) is 5.51. The third kappa shape index (κ3) is 3.70. The average Bonchev–Trinajstić information content (AvgIpc) is 3.11. The average molecular weight is 383 g/mol. The summed E-state index contributed by atoms with van der Waals surface area (Å²) in [6.07, 6.45) is 1.03. The fraction of sp³-hybridized carbons (Fsp3) is 0.333. The molecule has 2 N–H and O–H groups in total. The number of para-hydroxylation sites is 1. The second kappa shape index (κ2) is 7.71. The van der Waals surface area contributed by atoms with Gasteiger partial charge >= 0.3 is 0 Å². The van der Waals surface area contributed by atoms with Gasteiger partial charge < -0.3 is 15.2 Å². The van der Waals surface area contributed by atoms with Crippen LogP contribution in [0.2, 0.25) is 5.02 Å². The first-order valence-electron chi connectivity index (χ1n) is 9.32. The number of carbonyl (C=O) groups is 1. The van der Waals surface area contributed by atoms with E-state index in [1.54, 1.807) is 0 Å². The molecule has 1 aromatic heterocycles. The Balaban J connectivity index is 1.49. The molecule has 140 valence electrons. The third-order valence-electron chi connectivity index (χ3n) is 5.17. The Hall–Kier alpha value is -2.37. The van der Waals surface area contributed by atoms with Crippen molar-refractivity contribution in [3.8, 4) is 0 Å². The van der Waals surface area contributed by atoms with Crippen LogP contribution < -0.4 is 5.32 Å². The number of halogens is 1. The van der Waals surface area contributed by atoms with Crippen molar-refractivity contribution in [3.63, 3.8) is 0 Å². The Kier molecular flexibility index (Phi) is 5.14. The quantitative estimate of drug-likeness (QED) is 0.724. The number of H-pyrrole nitrogens is 1. The van der Waals surface area contributed by atoms with Crippen LogP contribution in [-0.2, 0) is 11.2 Å². The van der Waals surface area contributed by atoms with Crippen LogP contribution in [0.1, 0.15) is 29.4 Å². The molecule has 2 heterocycles. The highest BCUT2D eigenvalue weighted by Crippen LogP contribution is 2.29. The number of hydrogen-bond donors (Lipinski definition) is 2. The normalized spacial score (nSPS) is 17.4. The maximum absolute atomic E-state index is 13.0. The number of aryl methyl sites for hydroxylation is 2. The van der Waals surface area contributed by atoms with Gasteiger partial charge in [-0.2, -0.15) is 0 Å². The summed E-state index contributed by atoms with van der Waals surface area (Å²) in [5.41, 5.74) is 4.14. The summed E-state index contributed by atoms with van der Waals surface area (Å²) in [6.45, 7) is 4.26. The summed E-state index contributed by atoms with van der Waals surface area (Å²) in [5.74, 6) is 0.996. The first kappa shape index (κ1) is 18.0. The molecule has 1 aliphatic heterocycles. The molecule has 1 aliphatic rings. The van der Waals surface area contributed by atoms with Gasteiger partial charge in [-0.3, -0.25) is 4.79 Å². The number of benzene rings is 2. The molecule has 0 bridgehead atoms. The lowest BCUT2D eigenvalue weighted by Gasteiger charge is -2.37. The van der Waals surface area contributed by atoms with E-state index in [-0.39, 0.29) is 11.9 Å². The maximum Gasteiger partial charge on any atom is 0.223 e. The van der Waals surface area contributed by atoms with Gasteiger partial charge in [-0.1, -0.05) is 41.9 Å². The minimum Gasteiger partial charge on any atom is -0.342 e. The van der Waals surface area contributed by atoms with Crippen molar-refractivity contribution in [2.75, 3.05) is 19.6 Å². The van der Waals surface area contributed by atoms with Crippen molar-refractivity contribution in [2.24, 2.45) is 0 Å². The van der Waals surface area contributed by atoms with Crippen molar-refractivity contribution in [1.29, 1.82) is 0 Å². The van der Waals surface area contributed by atoms with E-state index < -0.39 is 0 Å². The molecule has 3 aromatic rings. The number of aromatic nitrogens is 2. The zero-order valence-electron chi connectivity index (χ0n) is 15.3. The van der Waals surface area contributed by atoms with Crippen LogP contribution in [0.4, 0.5) is 0 Å². The van der Waals surface area contributed by atoms with Gasteiger partial charge in [0.1, 0.15) is 5.82 Å². The number of fused-ring (bicyclic) bond motifs is 1. The lowest BCUT2D eigenvalue weighted by atomic mass is 10.0. The second-order valence-electron chi connectivity index (χ2n) is 6.98. The SMILES string of the molecule is Cc1cccc2[nH]c(CCC(=O)N3CCNCC3c3ccccc3Cl)nc12. The summed E-state index contributed by atoms with van der Waals surface area (Å²) < 4.78 is 0. The highest BCUT2D eigenvalue weighted by Gasteiger charge is 2.28. The van der Waals surface area contributed by atoms with E-state index in [9.17, 15) is 4.79 Å². The minimum atomic E-state index is -0.0298. The van der Waals surface area contributed by atoms with Gasteiger partial charge in [0.2, 0.25) is 5.91 Å². The van der Waals surface area contributed by atoms with Crippen LogP contribution >= 0.6 is 11.6 Å². The van der Waals surface area contributed by atoms with Gasteiger partial charge in [-0.05, 0) is 30.2 Å². The number of aromatic amines is 1. The number of piperazine rings is 1. The Morgan fingerprint density at radius 1 is 1.26 bits per heavy atom. The van der Waals surface area contributed by atoms with Gasteiger partial charge in [0.25, 0.3) is 0 Å². The zero-order chi connectivity index (χ0) is 18.8. The minimum absolute atomic E-state index is 0.0298. The molecule has 1 unspecified atom stereocenters. The number of rotatable bonds is 4. The summed E-state index contributed by atoms with van der Waals surface area (Å²) >= 11 is 6.38. The van der Waals surface area contributed by atoms with Crippen LogP contribution in [0.15, 0.2) is 42.5 Å². The van der Waals surface area contributed by atoms with Crippen molar-refractivity contribution in [2.45, 2.75) is 25.8 Å². The summed E-state index contributed by atoms with van der Waals surface area (Å²) in [5, 5.41) is 4.08. The van der Waals surface area contributed by atoms with E-state index in [0.717, 1.165) is 41.1 Å². The van der Waals surface area contributed by atoms with Crippen LogP contribution in [0, 0.1) is 6.92 Å². The smallest absolute Gasteiger partial charge is 0.223 e. The number of nitrogens with zero attached hydrogens (tertiary/aromatic N) is 2. The number of amides is 1. The molecule has 1 amide bonds. The molecule has 0 radical (unpaired) electrons. The maximum atomic E-state index is 13.0. The summed E-state index contributed by atoms with van der Waals surface area (Å²) in [4.78, 5) is 22.9. The molecule has 6 heteroatoms. The molecule has 1 atom stereocenters. The van der Waals surface area contributed by atoms with Gasteiger partial charge in [-0.15, -0.1) is 0 Å². The van der Waals surface area contributed by atoms with Crippen LogP contribution in [-0.4, -0.2) is 40.4 Å². The van der Waals surface area contributed by atoms with Crippen molar-refractivity contribution in [1.82, 2.24) is 20.2 Å². The number of carbonyl (C=O) groups excluding carboxylic acids is 1. The molecule has 0 spiro atoms. The van der Waals surface area contributed by atoms with Crippen LogP contribution in [0.25, 0.3) is 11.0 Å². The number of nitrogens with one attached hydrogen (secondary N) is 2. The fourth-order valence-electron chi connectivity index (χ4n) is 3.74. The Labute approximate surface area is 163 Å².